The van der Waals surface area contributed by atoms with Crippen LogP contribution in [0.15, 0.2) is 53.9 Å². The molecular weight excluding hydrogens is 280 g/mol. The molecule has 1 aromatic carbocycles. The van der Waals surface area contributed by atoms with Gasteiger partial charge < -0.3 is 5.32 Å². The number of halogens is 1. The van der Waals surface area contributed by atoms with Crippen molar-refractivity contribution in [2.24, 2.45) is 5.10 Å². The molecule has 1 heterocycles. The van der Waals surface area contributed by atoms with Crippen LogP contribution >= 0.6 is 23.8 Å². The summed E-state index contributed by atoms with van der Waals surface area (Å²) in [6, 6.07) is 10.9. The third kappa shape index (κ3) is 4.65. The summed E-state index contributed by atoms with van der Waals surface area (Å²) in [5.74, 6) is 0. The van der Waals surface area contributed by atoms with Crippen molar-refractivity contribution < 1.29 is 0 Å². The summed E-state index contributed by atoms with van der Waals surface area (Å²) in [6.07, 6.45) is 5.06. The van der Waals surface area contributed by atoms with Crippen molar-refractivity contribution in [1.29, 1.82) is 0 Å². The molecule has 6 heteroatoms. The van der Waals surface area contributed by atoms with Crippen molar-refractivity contribution in [3.8, 4) is 0 Å². The molecule has 0 bridgehead atoms. The average Bonchev–Trinajstić information content (AvgIpc) is 2.43. The Labute approximate surface area is 121 Å². The van der Waals surface area contributed by atoms with Gasteiger partial charge in [0.2, 0.25) is 0 Å². The van der Waals surface area contributed by atoms with Crippen molar-refractivity contribution >= 4 is 40.8 Å². The highest BCUT2D eigenvalue weighted by Crippen LogP contribution is 2.12. The molecule has 0 saturated carbocycles. The van der Waals surface area contributed by atoms with Gasteiger partial charge in [-0.15, -0.1) is 0 Å². The zero-order valence-electron chi connectivity index (χ0n) is 9.88. The molecule has 0 radical (unpaired) electrons. The van der Waals surface area contributed by atoms with Crippen LogP contribution in [0.5, 0.6) is 0 Å². The Morgan fingerprint density at radius 3 is 2.53 bits per heavy atom. The van der Waals surface area contributed by atoms with E-state index in [9.17, 15) is 0 Å². The molecule has 0 aliphatic rings. The van der Waals surface area contributed by atoms with E-state index < -0.39 is 0 Å². The second kappa shape index (κ2) is 6.82. The summed E-state index contributed by atoms with van der Waals surface area (Å²) < 4.78 is 0. The van der Waals surface area contributed by atoms with Gasteiger partial charge in [0.25, 0.3) is 0 Å². The van der Waals surface area contributed by atoms with Crippen LogP contribution in [0.2, 0.25) is 5.02 Å². The molecule has 0 unspecified atom stereocenters. The summed E-state index contributed by atoms with van der Waals surface area (Å²) in [7, 11) is 0. The number of aromatic nitrogens is 1. The van der Waals surface area contributed by atoms with Crippen LogP contribution in [0.4, 0.5) is 5.69 Å². The molecule has 0 aliphatic carbocycles. The second-order valence-electron chi connectivity index (χ2n) is 3.61. The maximum atomic E-state index is 5.79. The Hall–Kier alpha value is -1.98. The molecular formula is C13H11ClN4S. The van der Waals surface area contributed by atoms with Gasteiger partial charge in [0, 0.05) is 23.1 Å². The second-order valence-corrected chi connectivity index (χ2v) is 4.46. The summed E-state index contributed by atoms with van der Waals surface area (Å²) >= 11 is 10.9. The fourth-order valence-electron chi connectivity index (χ4n) is 1.31. The van der Waals surface area contributed by atoms with Gasteiger partial charge in [-0.05, 0) is 54.2 Å². The highest BCUT2D eigenvalue weighted by atomic mass is 35.5. The monoisotopic (exact) mass is 290 g/mol. The number of hydrogen-bond donors (Lipinski definition) is 2. The van der Waals surface area contributed by atoms with E-state index in [-0.39, 0.29) is 0 Å². The van der Waals surface area contributed by atoms with E-state index in [0.717, 1.165) is 11.3 Å². The normalized spacial score (nSPS) is 10.4. The highest BCUT2D eigenvalue weighted by molar-refractivity contribution is 7.80. The van der Waals surface area contributed by atoms with Crippen molar-refractivity contribution in [3.05, 3.63) is 59.4 Å². The summed E-state index contributed by atoms with van der Waals surface area (Å²) in [6.45, 7) is 0. The molecule has 1 aromatic heterocycles. The Morgan fingerprint density at radius 2 is 1.84 bits per heavy atom. The molecule has 0 aliphatic heterocycles. The maximum absolute atomic E-state index is 5.79. The van der Waals surface area contributed by atoms with Gasteiger partial charge in [-0.1, -0.05) is 11.6 Å². The van der Waals surface area contributed by atoms with Crippen LogP contribution in [0.3, 0.4) is 0 Å². The average molecular weight is 291 g/mol. The standard InChI is InChI=1S/C13H11ClN4S/c14-11-1-3-12(4-2-11)17-13(19)18-16-9-10-5-7-15-8-6-10/h1-9H,(H2,17,18,19). The Balaban J connectivity index is 1.85. The molecule has 0 fully saturated rings. The van der Waals surface area contributed by atoms with E-state index >= 15 is 0 Å². The topological polar surface area (TPSA) is 49.3 Å². The van der Waals surface area contributed by atoms with Gasteiger partial charge in [-0.3, -0.25) is 10.4 Å². The summed E-state index contributed by atoms with van der Waals surface area (Å²) in [4.78, 5) is 3.92. The number of rotatable bonds is 3. The predicted octanol–water partition coefficient (Wildman–Crippen LogP) is 3.06. The number of anilines is 1. The molecule has 0 spiro atoms. The van der Waals surface area contributed by atoms with Gasteiger partial charge in [0.1, 0.15) is 0 Å². The van der Waals surface area contributed by atoms with E-state index in [1.807, 2.05) is 24.3 Å². The number of thiocarbonyl (C=S) groups is 1. The summed E-state index contributed by atoms with van der Waals surface area (Å²) in [5.41, 5.74) is 4.52. The number of pyridine rings is 1. The lowest BCUT2D eigenvalue weighted by Gasteiger charge is -2.06. The number of hydrogen-bond acceptors (Lipinski definition) is 3. The van der Waals surface area contributed by atoms with Crippen molar-refractivity contribution in [3.63, 3.8) is 0 Å². The van der Waals surface area contributed by atoms with E-state index in [2.05, 4.69) is 20.8 Å². The van der Waals surface area contributed by atoms with Crippen molar-refractivity contribution in [1.82, 2.24) is 10.4 Å². The van der Waals surface area contributed by atoms with Crippen LogP contribution in [0.25, 0.3) is 0 Å². The third-order valence-corrected chi connectivity index (χ3v) is 2.63. The minimum Gasteiger partial charge on any atom is -0.331 e. The van der Waals surface area contributed by atoms with Crippen LogP contribution in [0.1, 0.15) is 5.56 Å². The lowest BCUT2D eigenvalue weighted by Crippen LogP contribution is -2.23. The molecule has 0 amide bonds. The number of benzene rings is 1. The first-order valence-corrected chi connectivity index (χ1v) is 6.28. The minimum absolute atomic E-state index is 0.410. The van der Waals surface area contributed by atoms with Crippen LogP contribution in [0, 0.1) is 0 Å². The SMILES string of the molecule is S=C(NN=Cc1ccncc1)Nc1ccc(Cl)cc1. The van der Waals surface area contributed by atoms with Gasteiger partial charge in [0.05, 0.1) is 6.21 Å². The molecule has 2 N–H and O–H groups in total. The minimum atomic E-state index is 0.410. The highest BCUT2D eigenvalue weighted by Gasteiger charge is 1.95. The van der Waals surface area contributed by atoms with E-state index in [4.69, 9.17) is 23.8 Å². The van der Waals surface area contributed by atoms with Gasteiger partial charge >= 0.3 is 0 Å². The van der Waals surface area contributed by atoms with Crippen molar-refractivity contribution in [2.75, 3.05) is 5.32 Å². The van der Waals surface area contributed by atoms with Crippen LogP contribution < -0.4 is 10.7 Å². The first-order valence-electron chi connectivity index (χ1n) is 5.50. The van der Waals surface area contributed by atoms with Crippen LogP contribution in [-0.4, -0.2) is 16.3 Å². The van der Waals surface area contributed by atoms with Gasteiger partial charge in [-0.25, -0.2) is 0 Å². The first-order chi connectivity index (χ1) is 9.24. The number of nitrogens with zero attached hydrogens (tertiary/aromatic N) is 2. The third-order valence-electron chi connectivity index (χ3n) is 2.19. The maximum Gasteiger partial charge on any atom is 0.191 e. The fraction of sp³-hybridized carbons (Fsp3) is 0. The van der Waals surface area contributed by atoms with E-state index in [0.29, 0.717) is 10.1 Å². The Bertz CT molecular complexity index is 569. The Morgan fingerprint density at radius 1 is 1.16 bits per heavy atom. The molecule has 0 saturated heterocycles. The summed E-state index contributed by atoms with van der Waals surface area (Å²) in [5, 5.41) is 8.10. The number of nitrogens with one attached hydrogen (secondary N) is 2. The molecule has 2 rings (SSSR count). The molecule has 96 valence electrons. The molecule has 19 heavy (non-hydrogen) atoms. The lowest BCUT2D eigenvalue weighted by atomic mass is 10.3. The van der Waals surface area contributed by atoms with E-state index in [1.54, 1.807) is 30.7 Å². The first kappa shape index (κ1) is 13.5. The number of hydrazone groups is 1. The van der Waals surface area contributed by atoms with Crippen LogP contribution in [-0.2, 0) is 0 Å². The lowest BCUT2D eigenvalue weighted by molar-refractivity contribution is 1.05. The Kier molecular flexibility index (Phi) is 4.83. The predicted molar refractivity (Wildman–Crippen MR) is 82.6 cm³/mol. The molecule has 2 aromatic rings. The van der Waals surface area contributed by atoms with E-state index in [1.165, 1.54) is 0 Å². The molecule has 4 nitrogen and oxygen atoms in total. The fourth-order valence-corrected chi connectivity index (χ4v) is 1.60. The van der Waals surface area contributed by atoms with Crippen molar-refractivity contribution in [2.45, 2.75) is 0 Å². The van der Waals surface area contributed by atoms with Gasteiger partial charge in [0.15, 0.2) is 5.11 Å². The van der Waals surface area contributed by atoms with Gasteiger partial charge in [-0.2, -0.15) is 5.10 Å². The zero-order chi connectivity index (χ0) is 13.5. The quantitative estimate of drug-likeness (QED) is 0.518. The zero-order valence-corrected chi connectivity index (χ0v) is 11.4. The smallest absolute Gasteiger partial charge is 0.191 e. The largest absolute Gasteiger partial charge is 0.331 e. The molecule has 0 atom stereocenters.